The summed E-state index contributed by atoms with van der Waals surface area (Å²) in [7, 11) is 1.82. The maximum absolute atomic E-state index is 13.3. The van der Waals surface area contributed by atoms with Crippen LogP contribution in [0, 0.1) is 5.82 Å². The zero-order valence-corrected chi connectivity index (χ0v) is 15.9. The fourth-order valence-corrected chi connectivity index (χ4v) is 3.15. The molecule has 1 aromatic heterocycles. The highest BCUT2D eigenvalue weighted by Crippen LogP contribution is 2.26. The first-order chi connectivity index (χ1) is 13.0. The van der Waals surface area contributed by atoms with E-state index in [0.717, 1.165) is 0 Å². The van der Waals surface area contributed by atoms with E-state index in [0.29, 0.717) is 27.0 Å². The molecule has 1 atom stereocenters. The number of benzene rings is 2. The second-order valence-electron chi connectivity index (χ2n) is 5.86. The molecule has 0 spiro atoms. The highest BCUT2D eigenvalue weighted by Gasteiger charge is 2.20. The van der Waals surface area contributed by atoms with Gasteiger partial charge in [0.2, 0.25) is 5.91 Å². The molecule has 0 bridgehead atoms. The fourth-order valence-electron chi connectivity index (χ4n) is 2.63. The third kappa shape index (κ3) is 4.56. The van der Waals surface area contributed by atoms with Crippen LogP contribution in [0.25, 0.3) is 6.08 Å². The summed E-state index contributed by atoms with van der Waals surface area (Å²) in [5.41, 5.74) is 1.27. The second kappa shape index (κ2) is 8.37. The first kappa shape index (κ1) is 19.1. The summed E-state index contributed by atoms with van der Waals surface area (Å²) in [5.74, 6) is -0.0839. The number of nitrogens with zero attached hydrogens (tertiary/aromatic N) is 2. The molecule has 7 heteroatoms. The molecule has 1 heterocycles. The molecule has 138 valence electrons. The molecular weight excluding hydrogens is 388 g/mol. The standard InChI is InChI=1S/C20H16Cl2FN3O/c1-26-12-11-24-20(26)19(13-5-7-14(23)8-6-13)25-18(27)10-9-15-16(21)3-2-4-17(15)22/h2-12,19H,1H3,(H,25,27)/b10-9+. The molecule has 3 rings (SSSR count). The number of hydrogen-bond acceptors (Lipinski definition) is 2. The van der Waals surface area contributed by atoms with Crippen LogP contribution in [0.2, 0.25) is 10.0 Å². The Hall–Kier alpha value is -2.63. The summed E-state index contributed by atoms with van der Waals surface area (Å²) in [6, 6.07) is 10.5. The van der Waals surface area contributed by atoms with Gasteiger partial charge < -0.3 is 9.88 Å². The molecular formula is C20H16Cl2FN3O. The van der Waals surface area contributed by atoms with Crippen molar-refractivity contribution in [3.63, 3.8) is 0 Å². The number of rotatable bonds is 5. The van der Waals surface area contributed by atoms with E-state index in [1.54, 1.807) is 53.4 Å². The number of hydrogen-bond donors (Lipinski definition) is 1. The summed E-state index contributed by atoms with van der Waals surface area (Å²) in [5, 5.41) is 3.79. The van der Waals surface area contributed by atoms with Crippen molar-refractivity contribution in [2.24, 2.45) is 7.05 Å². The van der Waals surface area contributed by atoms with E-state index in [9.17, 15) is 9.18 Å². The number of nitrogens with one attached hydrogen (secondary N) is 1. The first-order valence-electron chi connectivity index (χ1n) is 8.11. The molecule has 0 aliphatic carbocycles. The molecule has 0 saturated carbocycles. The summed E-state index contributed by atoms with van der Waals surface area (Å²) in [6.45, 7) is 0. The Morgan fingerprint density at radius 3 is 2.44 bits per heavy atom. The van der Waals surface area contributed by atoms with Gasteiger partial charge in [-0.3, -0.25) is 4.79 Å². The molecule has 0 radical (unpaired) electrons. The van der Waals surface area contributed by atoms with Crippen molar-refractivity contribution in [1.29, 1.82) is 0 Å². The van der Waals surface area contributed by atoms with Crippen LogP contribution in [0.5, 0.6) is 0 Å². The predicted octanol–water partition coefficient (Wildman–Crippen LogP) is 4.79. The minimum absolute atomic E-state index is 0.350. The maximum atomic E-state index is 13.3. The summed E-state index contributed by atoms with van der Waals surface area (Å²) in [4.78, 5) is 16.8. The van der Waals surface area contributed by atoms with E-state index < -0.39 is 6.04 Å². The molecule has 1 unspecified atom stereocenters. The number of carbonyl (C=O) groups excluding carboxylic acids is 1. The van der Waals surface area contributed by atoms with Gasteiger partial charge in [-0.05, 0) is 35.9 Å². The number of carbonyl (C=O) groups is 1. The van der Waals surface area contributed by atoms with Crippen LogP contribution in [-0.2, 0) is 11.8 Å². The van der Waals surface area contributed by atoms with Crippen LogP contribution in [0.3, 0.4) is 0 Å². The van der Waals surface area contributed by atoms with Gasteiger partial charge in [0.1, 0.15) is 17.7 Å². The van der Waals surface area contributed by atoms with Crippen LogP contribution in [0.4, 0.5) is 4.39 Å². The minimum atomic E-state index is -0.538. The molecule has 0 fully saturated rings. The van der Waals surface area contributed by atoms with E-state index in [-0.39, 0.29) is 11.7 Å². The van der Waals surface area contributed by atoms with Crippen LogP contribution in [-0.4, -0.2) is 15.5 Å². The predicted molar refractivity (Wildman–Crippen MR) is 105 cm³/mol. The number of aryl methyl sites for hydroxylation is 1. The monoisotopic (exact) mass is 403 g/mol. The quantitative estimate of drug-likeness (QED) is 0.622. The third-order valence-electron chi connectivity index (χ3n) is 4.01. The summed E-state index contributed by atoms with van der Waals surface area (Å²) in [6.07, 6.45) is 6.32. The van der Waals surface area contributed by atoms with Gasteiger partial charge >= 0.3 is 0 Å². The molecule has 0 saturated heterocycles. The van der Waals surface area contributed by atoms with E-state index in [2.05, 4.69) is 10.3 Å². The average molecular weight is 404 g/mol. The molecule has 3 aromatic rings. The van der Waals surface area contributed by atoms with E-state index >= 15 is 0 Å². The largest absolute Gasteiger partial charge is 0.339 e. The highest BCUT2D eigenvalue weighted by atomic mass is 35.5. The average Bonchev–Trinajstić information content (AvgIpc) is 3.06. The van der Waals surface area contributed by atoms with Gasteiger partial charge in [-0.1, -0.05) is 41.4 Å². The van der Waals surface area contributed by atoms with Gasteiger partial charge in [0.25, 0.3) is 0 Å². The Labute approximate surface area is 166 Å². The minimum Gasteiger partial charge on any atom is -0.339 e. The van der Waals surface area contributed by atoms with E-state index in [4.69, 9.17) is 23.2 Å². The van der Waals surface area contributed by atoms with E-state index in [1.807, 2.05) is 7.05 Å². The first-order valence-corrected chi connectivity index (χ1v) is 8.86. The highest BCUT2D eigenvalue weighted by molar-refractivity contribution is 6.37. The molecule has 1 N–H and O–H groups in total. The van der Waals surface area contributed by atoms with Gasteiger partial charge in [0, 0.05) is 41.1 Å². The Balaban J connectivity index is 1.86. The van der Waals surface area contributed by atoms with Crippen LogP contribution in [0.15, 0.2) is 60.9 Å². The normalized spacial score (nSPS) is 12.3. The topological polar surface area (TPSA) is 46.9 Å². The van der Waals surface area contributed by atoms with Crippen LogP contribution in [0.1, 0.15) is 23.0 Å². The van der Waals surface area contributed by atoms with Crippen molar-refractivity contribution in [3.05, 3.63) is 93.7 Å². The van der Waals surface area contributed by atoms with Gasteiger partial charge in [0.05, 0.1) is 0 Å². The van der Waals surface area contributed by atoms with Crippen LogP contribution < -0.4 is 5.32 Å². The van der Waals surface area contributed by atoms with Crippen molar-refractivity contribution in [3.8, 4) is 0 Å². The van der Waals surface area contributed by atoms with Crippen molar-refractivity contribution in [1.82, 2.24) is 14.9 Å². The number of halogens is 3. The Morgan fingerprint density at radius 2 is 1.85 bits per heavy atom. The van der Waals surface area contributed by atoms with Crippen LogP contribution >= 0.6 is 23.2 Å². The molecule has 2 aromatic carbocycles. The van der Waals surface area contributed by atoms with Crippen molar-refractivity contribution in [2.75, 3.05) is 0 Å². The zero-order chi connectivity index (χ0) is 19.4. The second-order valence-corrected chi connectivity index (χ2v) is 6.67. The number of amides is 1. The molecule has 1 amide bonds. The lowest BCUT2D eigenvalue weighted by Crippen LogP contribution is -2.29. The van der Waals surface area contributed by atoms with Crippen molar-refractivity contribution >= 4 is 35.2 Å². The molecule has 4 nitrogen and oxygen atoms in total. The Bertz CT molecular complexity index is 963. The van der Waals surface area contributed by atoms with E-state index in [1.165, 1.54) is 18.2 Å². The van der Waals surface area contributed by atoms with Gasteiger partial charge in [-0.25, -0.2) is 9.37 Å². The number of imidazole rings is 1. The van der Waals surface area contributed by atoms with Gasteiger partial charge in [-0.2, -0.15) is 0 Å². The van der Waals surface area contributed by atoms with Crippen molar-refractivity contribution in [2.45, 2.75) is 6.04 Å². The molecule has 0 aliphatic heterocycles. The van der Waals surface area contributed by atoms with Crippen molar-refractivity contribution < 1.29 is 9.18 Å². The summed E-state index contributed by atoms with van der Waals surface area (Å²) < 4.78 is 15.1. The molecule has 0 aliphatic rings. The Kier molecular flexibility index (Phi) is 5.94. The third-order valence-corrected chi connectivity index (χ3v) is 4.67. The SMILES string of the molecule is Cn1ccnc1C(NC(=O)/C=C/c1c(Cl)cccc1Cl)c1ccc(F)cc1. The van der Waals surface area contributed by atoms with Gasteiger partial charge in [0.15, 0.2) is 0 Å². The molecule has 27 heavy (non-hydrogen) atoms. The smallest absolute Gasteiger partial charge is 0.244 e. The fraction of sp³-hybridized carbons (Fsp3) is 0.100. The van der Waals surface area contributed by atoms with Gasteiger partial charge in [-0.15, -0.1) is 0 Å². The number of aromatic nitrogens is 2. The zero-order valence-electron chi connectivity index (χ0n) is 14.4. The lowest BCUT2D eigenvalue weighted by atomic mass is 10.1. The lowest BCUT2D eigenvalue weighted by molar-refractivity contribution is -0.117. The maximum Gasteiger partial charge on any atom is 0.244 e. The Morgan fingerprint density at radius 1 is 1.19 bits per heavy atom. The summed E-state index contributed by atoms with van der Waals surface area (Å²) >= 11 is 12.2. The lowest BCUT2D eigenvalue weighted by Gasteiger charge is -2.18.